The Labute approximate surface area is 167 Å². The van der Waals surface area contributed by atoms with Crippen molar-refractivity contribution in [3.05, 3.63) is 35.4 Å². The van der Waals surface area contributed by atoms with Gasteiger partial charge in [-0.2, -0.15) is 13.2 Å². The monoisotopic (exact) mass is 407 g/mol. The maximum atomic E-state index is 12.8. The van der Waals surface area contributed by atoms with E-state index in [0.29, 0.717) is 23.6 Å². The van der Waals surface area contributed by atoms with Gasteiger partial charge in [-0.25, -0.2) is 0 Å². The predicted molar refractivity (Wildman–Crippen MR) is 104 cm³/mol. The highest BCUT2D eigenvalue weighted by atomic mass is 19.4. The molecule has 0 aliphatic carbocycles. The number of aryl methyl sites for hydroxylation is 1. The number of likely N-dealkylation sites (tertiary alicyclic amines) is 1. The second-order valence-electron chi connectivity index (χ2n) is 7.78. The molecule has 2 fully saturated rings. The van der Waals surface area contributed by atoms with Gasteiger partial charge in [-0.15, -0.1) is 10.2 Å². The Morgan fingerprint density at radius 1 is 1.21 bits per heavy atom. The first-order valence-corrected chi connectivity index (χ1v) is 9.77. The fraction of sp³-hybridized carbons (Fsp3) is 0.500. The molecule has 2 aromatic rings. The summed E-state index contributed by atoms with van der Waals surface area (Å²) in [5.74, 6) is 0.172. The molecule has 0 bridgehead atoms. The normalized spacial score (nSPS) is 21.0. The molecule has 1 aromatic carbocycles. The van der Waals surface area contributed by atoms with E-state index in [1.807, 2.05) is 6.07 Å². The molecule has 3 heterocycles. The fourth-order valence-corrected chi connectivity index (χ4v) is 3.93. The molecule has 2 saturated heterocycles. The summed E-state index contributed by atoms with van der Waals surface area (Å²) in [5.41, 5.74) is 0.433. The van der Waals surface area contributed by atoms with E-state index in [1.165, 1.54) is 6.07 Å². The molecule has 3 N–H and O–H groups in total. The van der Waals surface area contributed by atoms with E-state index in [0.717, 1.165) is 50.7 Å². The van der Waals surface area contributed by atoms with Crippen LogP contribution in [-0.4, -0.2) is 58.5 Å². The molecular formula is C20H24F3N5O. The molecule has 2 aliphatic rings. The summed E-state index contributed by atoms with van der Waals surface area (Å²) in [6, 6.07) is 5.60. The number of aromatic hydroxyl groups is 1. The van der Waals surface area contributed by atoms with Crippen molar-refractivity contribution in [1.29, 1.82) is 0 Å². The molecule has 1 atom stereocenters. The molecule has 9 heteroatoms. The Kier molecular flexibility index (Phi) is 5.35. The van der Waals surface area contributed by atoms with E-state index >= 15 is 0 Å². The summed E-state index contributed by atoms with van der Waals surface area (Å²) >= 11 is 0. The van der Waals surface area contributed by atoms with Gasteiger partial charge in [0.15, 0.2) is 0 Å². The van der Waals surface area contributed by atoms with Gasteiger partial charge in [0.25, 0.3) is 0 Å². The first kappa shape index (κ1) is 19.9. The van der Waals surface area contributed by atoms with Crippen molar-refractivity contribution in [2.75, 3.05) is 31.5 Å². The Morgan fingerprint density at radius 3 is 2.62 bits per heavy atom. The molecule has 6 nitrogen and oxygen atoms in total. The summed E-state index contributed by atoms with van der Waals surface area (Å²) < 4.78 is 38.4. The van der Waals surface area contributed by atoms with Crippen LogP contribution in [0.4, 0.5) is 19.0 Å². The van der Waals surface area contributed by atoms with E-state index in [-0.39, 0.29) is 11.6 Å². The van der Waals surface area contributed by atoms with E-state index in [4.69, 9.17) is 0 Å². The zero-order valence-corrected chi connectivity index (χ0v) is 16.1. The Bertz CT molecular complexity index is 885. The van der Waals surface area contributed by atoms with Crippen LogP contribution in [0, 0.1) is 6.92 Å². The minimum absolute atomic E-state index is 0.232. The van der Waals surface area contributed by atoms with Crippen molar-refractivity contribution >= 4 is 5.82 Å². The van der Waals surface area contributed by atoms with E-state index in [2.05, 4.69) is 25.7 Å². The number of benzene rings is 1. The third-order valence-corrected chi connectivity index (χ3v) is 5.65. The van der Waals surface area contributed by atoms with E-state index < -0.39 is 17.5 Å². The number of phenols is 1. The Morgan fingerprint density at radius 2 is 2.00 bits per heavy atom. The Hall–Kier alpha value is -2.39. The molecule has 0 unspecified atom stereocenters. The summed E-state index contributed by atoms with van der Waals surface area (Å²) in [4.78, 5) is 2.49. The van der Waals surface area contributed by atoms with Gasteiger partial charge in [-0.1, -0.05) is 0 Å². The van der Waals surface area contributed by atoms with Crippen molar-refractivity contribution in [2.45, 2.75) is 38.0 Å². The van der Waals surface area contributed by atoms with Crippen molar-refractivity contribution < 1.29 is 18.3 Å². The smallest absolute Gasteiger partial charge is 0.416 e. The lowest BCUT2D eigenvalue weighted by atomic mass is 10.0. The Balaban J connectivity index is 1.48. The molecular weight excluding hydrogens is 383 g/mol. The van der Waals surface area contributed by atoms with Crippen LogP contribution in [0.2, 0.25) is 0 Å². The lowest BCUT2D eigenvalue weighted by Gasteiger charge is -2.43. The third kappa shape index (κ3) is 4.30. The predicted octanol–water partition coefficient (Wildman–Crippen LogP) is 3.02. The topological polar surface area (TPSA) is 73.3 Å². The quantitative estimate of drug-likeness (QED) is 0.724. The second kappa shape index (κ2) is 7.79. The number of rotatable bonds is 4. The maximum Gasteiger partial charge on any atom is 0.416 e. The lowest BCUT2D eigenvalue weighted by molar-refractivity contribution is -0.137. The first-order chi connectivity index (χ1) is 13.8. The fourth-order valence-electron chi connectivity index (χ4n) is 3.93. The van der Waals surface area contributed by atoms with Crippen LogP contribution in [0.3, 0.4) is 0 Å². The van der Waals surface area contributed by atoms with Gasteiger partial charge in [0.1, 0.15) is 11.6 Å². The molecule has 29 heavy (non-hydrogen) atoms. The zero-order valence-electron chi connectivity index (χ0n) is 16.1. The standard InChI is InChI=1S/C20H24F3N5O/c1-12-7-18(25-14-3-2-6-28(11-14)15-9-24-10-15)26-27-19(12)16-5-4-13(8-17(16)29)20(21,22)23/h4-5,7-8,14-15,24,29H,2-3,6,9-11H2,1H3,(H,25,26)/t14-/m1/s1. The molecule has 0 spiro atoms. The molecule has 0 saturated carbocycles. The van der Waals surface area contributed by atoms with Gasteiger partial charge in [0.05, 0.1) is 11.3 Å². The van der Waals surface area contributed by atoms with Crippen LogP contribution < -0.4 is 10.6 Å². The van der Waals surface area contributed by atoms with E-state index in [9.17, 15) is 18.3 Å². The van der Waals surface area contributed by atoms with Gasteiger partial charge in [-0.3, -0.25) is 4.90 Å². The van der Waals surface area contributed by atoms with Gasteiger partial charge in [0.2, 0.25) is 0 Å². The number of hydrogen-bond donors (Lipinski definition) is 3. The van der Waals surface area contributed by atoms with Gasteiger partial charge in [-0.05, 0) is 56.1 Å². The van der Waals surface area contributed by atoms with Crippen molar-refractivity contribution in [1.82, 2.24) is 20.4 Å². The number of halogens is 3. The second-order valence-corrected chi connectivity index (χ2v) is 7.78. The first-order valence-electron chi connectivity index (χ1n) is 9.77. The number of phenolic OH excluding ortho intramolecular Hbond substituents is 1. The summed E-state index contributed by atoms with van der Waals surface area (Å²) in [5, 5.41) is 25.2. The summed E-state index contributed by atoms with van der Waals surface area (Å²) in [6.07, 6.45) is -2.33. The maximum absolute atomic E-state index is 12.8. The molecule has 1 aromatic heterocycles. The minimum Gasteiger partial charge on any atom is -0.507 e. The highest BCUT2D eigenvalue weighted by Crippen LogP contribution is 2.36. The van der Waals surface area contributed by atoms with Gasteiger partial charge >= 0.3 is 6.18 Å². The van der Waals surface area contributed by atoms with Gasteiger partial charge < -0.3 is 15.7 Å². The number of alkyl halides is 3. The molecule has 0 radical (unpaired) electrons. The largest absolute Gasteiger partial charge is 0.507 e. The van der Waals surface area contributed by atoms with Crippen LogP contribution in [0.15, 0.2) is 24.3 Å². The van der Waals surface area contributed by atoms with Crippen LogP contribution in [0.25, 0.3) is 11.3 Å². The van der Waals surface area contributed by atoms with Crippen LogP contribution in [-0.2, 0) is 6.18 Å². The summed E-state index contributed by atoms with van der Waals surface area (Å²) in [6.45, 7) is 5.95. The van der Waals surface area contributed by atoms with Gasteiger partial charge in [0, 0.05) is 37.3 Å². The third-order valence-electron chi connectivity index (χ3n) is 5.65. The number of piperidine rings is 1. The number of nitrogens with zero attached hydrogens (tertiary/aromatic N) is 3. The van der Waals surface area contributed by atoms with Crippen molar-refractivity contribution in [3.63, 3.8) is 0 Å². The average molecular weight is 407 g/mol. The van der Waals surface area contributed by atoms with Crippen molar-refractivity contribution in [3.8, 4) is 17.0 Å². The SMILES string of the molecule is Cc1cc(N[C@@H]2CCCN(C3CNC3)C2)nnc1-c1ccc(C(F)(F)F)cc1O. The zero-order chi connectivity index (χ0) is 20.6. The molecule has 4 rings (SSSR count). The number of nitrogens with one attached hydrogen (secondary N) is 2. The number of anilines is 1. The number of aromatic nitrogens is 2. The summed E-state index contributed by atoms with van der Waals surface area (Å²) in [7, 11) is 0. The van der Waals surface area contributed by atoms with Crippen LogP contribution in [0.5, 0.6) is 5.75 Å². The molecule has 156 valence electrons. The average Bonchev–Trinajstić information content (AvgIpc) is 2.60. The van der Waals surface area contributed by atoms with Crippen LogP contribution in [0.1, 0.15) is 24.0 Å². The van der Waals surface area contributed by atoms with Crippen LogP contribution >= 0.6 is 0 Å². The lowest BCUT2D eigenvalue weighted by Crippen LogP contribution is -2.60. The van der Waals surface area contributed by atoms with Crippen molar-refractivity contribution in [2.24, 2.45) is 0 Å². The highest BCUT2D eigenvalue weighted by Gasteiger charge is 2.32. The molecule has 0 amide bonds. The highest BCUT2D eigenvalue weighted by molar-refractivity contribution is 5.70. The number of hydrogen-bond acceptors (Lipinski definition) is 6. The van der Waals surface area contributed by atoms with E-state index in [1.54, 1.807) is 6.92 Å². The minimum atomic E-state index is -4.51. The molecule has 2 aliphatic heterocycles.